The topological polar surface area (TPSA) is 41.1 Å². The molecule has 12 heavy (non-hydrogen) atoms. The maximum absolute atomic E-state index is 8.65. The average Bonchev–Trinajstić information content (AvgIpc) is 2.49. The van der Waals surface area contributed by atoms with Gasteiger partial charge in [-0.15, -0.1) is 0 Å². The SMILES string of the molecule is N#Cc1cn2cncc2cc1Cl. The Balaban J connectivity index is 2.84. The number of imidazole rings is 1. The van der Waals surface area contributed by atoms with E-state index in [9.17, 15) is 0 Å². The Kier molecular flexibility index (Phi) is 1.49. The first-order chi connectivity index (χ1) is 5.81. The van der Waals surface area contributed by atoms with Gasteiger partial charge in [0.2, 0.25) is 0 Å². The molecule has 0 aliphatic rings. The number of aromatic nitrogens is 2. The molecule has 2 rings (SSSR count). The van der Waals surface area contributed by atoms with Gasteiger partial charge in [-0.05, 0) is 6.07 Å². The molecule has 0 N–H and O–H groups in total. The zero-order valence-electron chi connectivity index (χ0n) is 6.03. The number of halogens is 1. The molecule has 3 nitrogen and oxygen atoms in total. The third-order valence-corrected chi connectivity index (χ3v) is 1.93. The Morgan fingerprint density at radius 1 is 1.58 bits per heavy atom. The molecule has 0 amide bonds. The monoisotopic (exact) mass is 177 g/mol. The molecule has 0 aliphatic heterocycles. The number of hydrogen-bond donors (Lipinski definition) is 0. The van der Waals surface area contributed by atoms with E-state index in [0.717, 1.165) is 5.52 Å². The lowest BCUT2D eigenvalue weighted by Crippen LogP contribution is -1.85. The van der Waals surface area contributed by atoms with Crippen molar-refractivity contribution in [3.63, 3.8) is 0 Å². The molecule has 2 aromatic rings. The fourth-order valence-corrected chi connectivity index (χ4v) is 1.23. The Labute approximate surface area is 73.8 Å². The summed E-state index contributed by atoms with van der Waals surface area (Å²) in [4.78, 5) is 3.91. The third kappa shape index (κ3) is 0.936. The van der Waals surface area contributed by atoms with Gasteiger partial charge in [-0.2, -0.15) is 5.26 Å². The first kappa shape index (κ1) is 7.14. The highest BCUT2D eigenvalue weighted by molar-refractivity contribution is 6.32. The van der Waals surface area contributed by atoms with Crippen LogP contribution in [0.1, 0.15) is 5.56 Å². The van der Waals surface area contributed by atoms with Crippen LogP contribution in [0.15, 0.2) is 24.8 Å². The largest absolute Gasteiger partial charge is 0.305 e. The lowest BCUT2D eigenvalue weighted by atomic mass is 10.3. The summed E-state index contributed by atoms with van der Waals surface area (Å²) in [6.45, 7) is 0. The summed E-state index contributed by atoms with van der Waals surface area (Å²) >= 11 is 5.80. The molecule has 0 aliphatic carbocycles. The molecule has 0 aromatic carbocycles. The van der Waals surface area contributed by atoms with Crippen molar-refractivity contribution in [1.29, 1.82) is 5.26 Å². The lowest BCUT2D eigenvalue weighted by molar-refractivity contribution is 1.15. The molecule has 58 valence electrons. The molecule has 2 heterocycles. The van der Waals surface area contributed by atoms with Gasteiger partial charge in [0.05, 0.1) is 28.6 Å². The van der Waals surface area contributed by atoms with E-state index in [4.69, 9.17) is 16.9 Å². The van der Waals surface area contributed by atoms with Gasteiger partial charge in [0.25, 0.3) is 0 Å². The standard InChI is InChI=1S/C8H4ClN3/c9-8-1-7-3-11-5-12(7)4-6(8)2-10/h1,3-5H. The Hall–Kier alpha value is -1.53. The van der Waals surface area contributed by atoms with E-state index in [0.29, 0.717) is 10.6 Å². The van der Waals surface area contributed by atoms with Crippen molar-refractivity contribution in [2.45, 2.75) is 0 Å². The quantitative estimate of drug-likeness (QED) is 0.616. The van der Waals surface area contributed by atoms with Crippen molar-refractivity contribution >= 4 is 17.1 Å². The summed E-state index contributed by atoms with van der Waals surface area (Å²) in [6.07, 6.45) is 4.98. The fourth-order valence-electron chi connectivity index (χ4n) is 1.03. The van der Waals surface area contributed by atoms with E-state index in [1.54, 1.807) is 29.2 Å². The van der Waals surface area contributed by atoms with Crippen molar-refractivity contribution in [2.75, 3.05) is 0 Å². The van der Waals surface area contributed by atoms with E-state index in [1.807, 2.05) is 6.07 Å². The first-order valence-electron chi connectivity index (χ1n) is 3.32. The van der Waals surface area contributed by atoms with Gasteiger partial charge in [0.15, 0.2) is 0 Å². The zero-order chi connectivity index (χ0) is 8.55. The first-order valence-corrected chi connectivity index (χ1v) is 3.70. The average molecular weight is 178 g/mol. The summed E-state index contributed by atoms with van der Waals surface area (Å²) in [7, 11) is 0. The van der Waals surface area contributed by atoms with Gasteiger partial charge in [-0.25, -0.2) is 4.98 Å². The van der Waals surface area contributed by atoms with Crippen LogP contribution in [0.4, 0.5) is 0 Å². The summed E-state index contributed by atoms with van der Waals surface area (Å²) in [5.41, 5.74) is 1.35. The molecule has 0 radical (unpaired) electrons. The van der Waals surface area contributed by atoms with Crippen molar-refractivity contribution in [3.8, 4) is 6.07 Å². The molecular weight excluding hydrogens is 174 g/mol. The van der Waals surface area contributed by atoms with Crippen LogP contribution in [-0.4, -0.2) is 9.38 Å². The number of pyridine rings is 1. The minimum absolute atomic E-state index is 0.460. The Morgan fingerprint density at radius 3 is 3.17 bits per heavy atom. The highest BCUT2D eigenvalue weighted by atomic mass is 35.5. The summed E-state index contributed by atoms with van der Waals surface area (Å²) in [6, 6.07) is 3.71. The highest BCUT2D eigenvalue weighted by Gasteiger charge is 2.01. The van der Waals surface area contributed by atoms with E-state index >= 15 is 0 Å². The summed E-state index contributed by atoms with van der Waals surface area (Å²) in [5.74, 6) is 0. The normalized spacial score (nSPS) is 10.0. The van der Waals surface area contributed by atoms with Gasteiger partial charge in [-0.1, -0.05) is 11.6 Å². The van der Waals surface area contributed by atoms with Gasteiger partial charge >= 0.3 is 0 Å². The number of rotatable bonds is 0. The van der Waals surface area contributed by atoms with Crippen LogP contribution >= 0.6 is 11.6 Å². The van der Waals surface area contributed by atoms with E-state index in [-0.39, 0.29) is 0 Å². The molecule has 0 spiro atoms. The van der Waals surface area contributed by atoms with E-state index in [2.05, 4.69) is 4.98 Å². The second kappa shape index (κ2) is 2.50. The maximum atomic E-state index is 8.65. The van der Waals surface area contributed by atoms with Crippen molar-refractivity contribution < 1.29 is 0 Å². The number of hydrogen-bond acceptors (Lipinski definition) is 2. The van der Waals surface area contributed by atoms with Crippen LogP contribution < -0.4 is 0 Å². The van der Waals surface area contributed by atoms with Crippen molar-refractivity contribution in [2.24, 2.45) is 0 Å². The third-order valence-electron chi connectivity index (χ3n) is 1.62. The maximum Gasteiger partial charge on any atom is 0.102 e. The fraction of sp³-hybridized carbons (Fsp3) is 0. The second-order valence-corrected chi connectivity index (χ2v) is 2.78. The minimum Gasteiger partial charge on any atom is -0.305 e. The van der Waals surface area contributed by atoms with Crippen LogP contribution in [-0.2, 0) is 0 Å². The zero-order valence-corrected chi connectivity index (χ0v) is 6.78. The minimum atomic E-state index is 0.460. The van der Waals surface area contributed by atoms with Crippen molar-refractivity contribution in [1.82, 2.24) is 9.38 Å². The van der Waals surface area contributed by atoms with E-state index in [1.165, 1.54) is 0 Å². The molecule has 4 heteroatoms. The van der Waals surface area contributed by atoms with Gasteiger partial charge in [0.1, 0.15) is 6.07 Å². The van der Waals surface area contributed by atoms with Crippen LogP contribution in [0.25, 0.3) is 5.52 Å². The molecule has 0 atom stereocenters. The molecule has 0 fully saturated rings. The predicted octanol–water partition coefficient (Wildman–Crippen LogP) is 1.86. The molecular formula is C8H4ClN3. The smallest absolute Gasteiger partial charge is 0.102 e. The van der Waals surface area contributed by atoms with Gasteiger partial charge < -0.3 is 4.40 Å². The van der Waals surface area contributed by atoms with Crippen molar-refractivity contribution in [3.05, 3.63) is 35.4 Å². The second-order valence-electron chi connectivity index (χ2n) is 2.37. The number of fused-ring (bicyclic) bond motifs is 1. The van der Waals surface area contributed by atoms with Gasteiger partial charge in [-0.3, -0.25) is 0 Å². The van der Waals surface area contributed by atoms with Crippen LogP contribution in [0.2, 0.25) is 5.02 Å². The number of nitrogens with zero attached hydrogens (tertiary/aromatic N) is 3. The molecule has 0 unspecified atom stereocenters. The predicted molar refractivity (Wildman–Crippen MR) is 44.9 cm³/mol. The van der Waals surface area contributed by atoms with Crippen LogP contribution in [0.5, 0.6) is 0 Å². The summed E-state index contributed by atoms with van der Waals surface area (Å²) in [5, 5.41) is 9.11. The van der Waals surface area contributed by atoms with E-state index < -0.39 is 0 Å². The Morgan fingerprint density at radius 2 is 2.42 bits per heavy atom. The summed E-state index contributed by atoms with van der Waals surface area (Å²) < 4.78 is 1.75. The lowest BCUT2D eigenvalue weighted by Gasteiger charge is -1.96. The van der Waals surface area contributed by atoms with Gasteiger partial charge in [0, 0.05) is 6.20 Å². The van der Waals surface area contributed by atoms with Crippen LogP contribution in [0, 0.1) is 11.3 Å². The van der Waals surface area contributed by atoms with Crippen LogP contribution in [0.3, 0.4) is 0 Å². The molecule has 0 bridgehead atoms. The Bertz CT molecular complexity index is 467. The molecule has 0 saturated carbocycles. The molecule has 0 saturated heterocycles. The molecule has 2 aromatic heterocycles. The number of nitriles is 1. The highest BCUT2D eigenvalue weighted by Crippen LogP contribution is 2.16.